The fourth-order valence-corrected chi connectivity index (χ4v) is 2.75. The first-order valence-electron chi connectivity index (χ1n) is 7.62. The molecule has 0 spiro atoms. The first-order valence-corrected chi connectivity index (χ1v) is 7.62. The van der Waals surface area contributed by atoms with E-state index in [9.17, 15) is 9.59 Å². The Morgan fingerprint density at radius 3 is 2.83 bits per heavy atom. The van der Waals surface area contributed by atoms with Gasteiger partial charge < -0.3 is 26.1 Å². The third kappa shape index (κ3) is 2.19. The Morgan fingerprint density at radius 1 is 1.39 bits per heavy atom. The molecule has 2 aromatic rings. The van der Waals surface area contributed by atoms with Gasteiger partial charge in [-0.1, -0.05) is 0 Å². The summed E-state index contributed by atoms with van der Waals surface area (Å²) < 4.78 is 5.78. The summed E-state index contributed by atoms with van der Waals surface area (Å²) in [5.74, 6) is 0.443. The molecule has 0 unspecified atom stereocenters. The first kappa shape index (κ1) is 13.9. The second-order valence-electron chi connectivity index (χ2n) is 6.62. The van der Waals surface area contributed by atoms with Crippen molar-refractivity contribution in [2.45, 2.75) is 38.3 Å². The van der Waals surface area contributed by atoms with Crippen molar-refractivity contribution in [1.82, 2.24) is 10.3 Å². The number of carbonyl (C=O) groups excluding carboxylic acids is 2. The minimum atomic E-state index is -0.959. The van der Waals surface area contributed by atoms with Gasteiger partial charge in [-0.3, -0.25) is 9.59 Å². The number of H-pyrrole nitrogens is 1. The smallest absolute Gasteiger partial charge is 0.268 e. The van der Waals surface area contributed by atoms with E-state index < -0.39 is 5.60 Å². The van der Waals surface area contributed by atoms with Crippen LogP contribution in [0.2, 0.25) is 0 Å². The molecular formula is C16H18N4O3. The third-order valence-corrected chi connectivity index (χ3v) is 4.23. The number of amides is 2. The zero-order valence-corrected chi connectivity index (χ0v) is 12.9. The van der Waals surface area contributed by atoms with Gasteiger partial charge in [-0.15, -0.1) is 0 Å². The van der Waals surface area contributed by atoms with Crippen LogP contribution < -0.4 is 21.1 Å². The number of hydrogen-bond donors (Lipinski definition) is 4. The van der Waals surface area contributed by atoms with Crippen LogP contribution in [0.4, 0.5) is 11.5 Å². The van der Waals surface area contributed by atoms with Gasteiger partial charge >= 0.3 is 0 Å². The maximum Gasteiger partial charge on any atom is 0.268 e. The van der Waals surface area contributed by atoms with Crippen molar-refractivity contribution >= 4 is 34.2 Å². The molecule has 1 saturated carbocycles. The molecule has 4 rings (SSSR count). The molecule has 1 aromatic heterocycles. The van der Waals surface area contributed by atoms with Gasteiger partial charge in [0.1, 0.15) is 11.6 Å². The molecule has 7 nitrogen and oxygen atoms in total. The fraction of sp³-hybridized carbons (Fsp3) is 0.375. The highest BCUT2D eigenvalue weighted by molar-refractivity contribution is 6.13. The van der Waals surface area contributed by atoms with Crippen molar-refractivity contribution in [3.05, 3.63) is 17.7 Å². The minimum Gasteiger partial charge on any atom is -0.476 e. The van der Waals surface area contributed by atoms with Gasteiger partial charge in [0.15, 0.2) is 5.60 Å². The molecule has 23 heavy (non-hydrogen) atoms. The predicted octanol–water partition coefficient (Wildman–Crippen LogP) is 1.75. The molecule has 5 N–H and O–H groups in total. The molecule has 0 radical (unpaired) electrons. The Hall–Kier alpha value is -2.70. The molecule has 2 amide bonds. The molecule has 2 heterocycles. The van der Waals surface area contributed by atoms with Gasteiger partial charge in [-0.25, -0.2) is 0 Å². The first-order chi connectivity index (χ1) is 10.8. The molecule has 1 fully saturated rings. The summed E-state index contributed by atoms with van der Waals surface area (Å²) in [6.07, 6.45) is 2.01. The number of nitrogens with two attached hydrogens (primary N) is 1. The second-order valence-corrected chi connectivity index (χ2v) is 6.62. The van der Waals surface area contributed by atoms with Crippen molar-refractivity contribution in [1.29, 1.82) is 0 Å². The SMILES string of the molecule is CC1(C)Oc2cc3c(C(=O)NC4CC4)c(N)[nH]c3cc2NC1=O. The molecule has 0 saturated heterocycles. The number of hydrogen-bond acceptors (Lipinski definition) is 4. The molecule has 1 aromatic carbocycles. The lowest BCUT2D eigenvalue weighted by atomic mass is 10.0. The summed E-state index contributed by atoms with van der Waals surface area (Å²) in [6.45, 7) is 3.39. The normalized spacial score (nSPS) is 19.0. The van der Waals surface area contributed by atoms with E-state index in [1.54, 1.807) is 26.0 Å². The Balaban J connectivity index is 1.82. The number of aromatic amines is 1. The molecule has 7 heteroatoms. The average molecular weight is 314 g/mol. The Labute approximate surface area is 132 Å². The summed E-state index contributed by atoms with van der Waals surface area (Å²) in [4.78, 5) is 27.4. The quantitative estimate of drug-likeness (QED) is 0.677. The topological polar surface area (TPSA) is 109 Å². The lowest BCUT2D eigenvalue weighted by Gasteiger charge is -2.31. The molecule has 0 bridgehead atoms. The van der Waals surface area contributed by atoms with Crippen LogP contribution in [-0.2, 0) is 4.79 Å². The number of anilines is 2. The van der Waals surface area contributed by atoms with Gasteiger partial charge in [0, 0.05) is 11.4 Å². The van der Waals surface area contributed by atoms with E-state index in [-0.39, 0.29) is 17.9 Å². The van der Waals surface area contributed by atoms with Crippen LogP contribution in [0, 0.1) is 0 Å². The number of nitrogens with one attached hydrogen (secondary N) is 3. The number of fused-ring (bicyclic) bond motifs is 2. The van der Waals surface area contributed by atoms with Crippen molar-refractivity contribution in [3.8, 4) is 5.75 Å². The van der Waals surface area contributed by atoms with Crippen molar-refractivity contribution < 1.29 is 14.3 Å². The highest BCUT2D eigenvalue weighted by atomic mass is 16.5. The summed E-state index contributed by atoms with van der Waals surface area (Å²) in [5.41, 5.74) is 6.70. The van der Waals surface area contributed by atoms with Crippen LogP contribution >= 0.6 is 0 Å². The summed E-state index contributed by atoms with van der Waals surface area (Å²) in [5, 5.41) is 6.45. The van der Waals surface area contributed by atoms with E-state index in [0.717, 1.165) is 12.8 Å². The van der Waals surface area contributed by atoms with Crippen LogP contribution in [0.5, 0.6) is 5.75 Å². The highest BCUT2D eigenvalue weighted by Crippen LogP contribution is 2.39. The van der Waals surface area contributed by atoms with Gasteiger partial charge in [0.25, 0.3) is 11.8 Å². The van der Waals surface area contributed by atoms with Crippen LogP contribution in [0.3, 0.4) is 0 Å². The number of rotatable bonds is 2. The average Bonchev–Trinajstić information content (AvgIpc) is 3.19. The van der Waals surface area contributed by atoms with Crippen molar-refractivity contribution in [3.63, 3.8) is 0 Å². The van der Waals surface area contributed by atoms with Gasteiger partial charge in [-0.05, 0) is 38.8 Å². The van der Waals surface area contributed by atoms with E-state index in [1.807, 2.05) is 0 Å². The molecular weight excluding hydrogens is 296 g/mol. The molecule has 0 atom stereocenters. The maximum absolute atomic E-state index is 12.4. The maximum atomic E-state index is 12.4. The third-order valence-electron chi connectivity index (χ3n) is 4.23. The monoisotopic (exact) mass is 314 g/mol. The van der Waals surface area contributed by atoms with Gasteiger partial charge in [0.2, 0.25) is 0 Å². The minimum absolute atomic E-state index is 0.185. The van der Waals surface area contributed by atoms with Gasteiger partial charge in [-0.2, -0.15) is 0 Å². The van der Waals surface area contributed by atoms with E-state index in [4.69, 9.17) is 10.5 Å². The van der Waals surface area contributed by atoms with Crippen LogP contribution in [0.25, 0.3) is 10.9 Å². The molecule has 2 aliphatic rings. The Bertz CT molecular complexity index is 849. The zero-order chi connectivity index (χ0) is 16.4. The van der Waals surface area contributed by atoms with Crippen LogP contribution in [0.1, 0.15) is 37.0 Å². The predicted molar refractivity (Wildman–Crippen MR) is 86.5 cm³/mol. The Morgan fingerprint density at radius 2 is 2.13 bits per heavy atom. The number of benzene rings is 1. The van der Waals surface area contributed by atoms with E-state index in [1.165, 1.54) is 0 Å². The summed E-state index contributed by atoms with van der Waals surface area (Å²) >= 11 is 0. The van der Waals surface area contributed by atoms with Crippen molar-refractivity contribution in [2.75, 3.05) is 11.1 Å². The number of aromatic nitrogens is 1. The van der Waals surface area contributed by atoms with Crippen molar-refractivity contribution in [2.24, 2.45) is 0 Å². The van der Waals surface area contributed by atoms with Gasteiger partial charge in [0.05, 0.1) is 16.8 Å². The summed E-state index contributed by atoms with van der Waals surface area (Å²) in [7, 11) is 0. The second kappa shape index (κ2) is 4.41. The lowest BCUT2D eigenvalue weighted by molar-refractivity contribution is -0.129. The largest absolute Gasteiger partial charge is 0.476 e. The molecule has 1 aliphatic carbocycles. The number of nitrogen functional groups attached to an aromatic ring is 1. The standard InChI is InChI=1S/C16H18N4O3/c1-16(2)15(22)20-10-6-9-8(5-11(10)23-16)12(13(17)19-9)14(21)18-7-3-4-7/h5-7,19H,3-4,17H2,1-2H3,(H,18,21)(H,20,22). The van der Waals surface area contributed by atoms with E-state index >= 15 is 0 Å². The molecule has 120 valence electrons. The zero-order valence-electron chi connectivity index (χ0n) is 12.9. The number of ether oxygens (including phenoxy) is 1. The highest BCUT2D eigenvalue weighted by Gasteiger charge is 2.36. The van der Waals surface area contributed by atoms with E-state index in [2.05, 4.69) is 15.6 Å². The fourth-order valence-electron chi connectivity index (χ4n) is 2.75. The number of carbonyl (C=O) groups is 2. The Kier molecular flexibility index (Phi) is 2.67. The molecule has 1 aliphatic heterocycles. The summed E-state index contributed by atoms with van der Waals surface area (Å²) in [6, 6.07) is 3.74. The van der Waals surface area contributed by atoms with Crippen LogP contribution in [-0.4, -0.2) is 28.4 Å². The lowest BCUT2D eigenvalue weighted by Crippen LogP contribution is -2.45. The van der Waals surface area contributed by atoms with E-state index in [0.29, 0.717) is 33.7 Å². The van der Waals surface area contributed by atoms with Crippen LogP contribution in [0.15, 0.2) is 12.1 Å².